The zero-order valence-corrected chi connectivity index (χ0v) is 12.7. The van der Waals surface area contributed by atoms with Gasteiger partial charge in [0.1, 0.15) is 6.10 Å². The molecule has 23 heavy (non-hydrogen) atoms. The number of ether oxygens (including phenoxy) is 2. The van der Waals surface area contributed by atoms with E-state index in [1.165, 1.54) is 0 Å². The van der Waals surface area contributed by atoms with Crippen molar-refractivity contribution in [3.05, 3.63) is 24.3 Å². The van der Waals surface area contributed by atoms with E-state index in [1.807, 2.05) is 24.3 Å². The largest absolute Gasteiger partial charge is 0.481 e. The topological polar surface area (TPSA) is 114 Å². The molecule has 4 N–H and O–H groups in total. The Morgan fingerprint density at radius 3 is 2.74 bits per heavy atom. The average molecular weight is 323 g/mol. The van der Waals surface area contributed by atoms with Crippen molar-refractivity contribution in [1.29, 1.82) is 0 Å². The van der Waals surface area contributed by atoms with E-state index < -0.39 is 5.97 Å². The minimum absolute atomic E-state index is 0.00439. The molecule has 1 heterocycles. The van der Waals surface area contributed by atoms with E-state index in [0.29, 0.717) is 26.2 Å². The number of aliphatic carboxylic acids is 1. The third-order valence-electron chi connectivity index (χ3n) is 3.35. The molecule has 0 bridgehead atoms. The minimum atomic E-state index is -0.870. The van der Waals surface area contributed by atoms with Gasteiger partial charge in [-0.1, -0.05) is 0 Å². The number of anilines is 2. The van der Waals surface area contributed by atoms with E-state index in [4.69, 9.17) is 20.3 Å². The Kier molecular flexibility index (Phi) is 6.19. The number of amides is 1. The Hall–Kier alpha value is -2.32. The van der Waals surface area contributed by atoms with E-state index in [0.717, 1.165) is 11.4 Å². The van der Waals surface area contributed by atoms with Gasteiger partial charge in [0.15, 0.2) is 0 Å². The van der Waals surface area contributed by atoms with E-state index >= 15 is 0 Å². The molecular formula is C15H21N3O5. The molecule has 1 aromatic rings. The van der Waals surface area contributed by atoms with Gasteiger partial charge in [0.25, 0.3) is 0 Å². The highest BCUT2D eigenvalue weighted by Crippen LogP contribution is 2.23. The molecule has 1 saturated heterocycles. The van der Waals surface area contributed by atoms with Crippen molar-refractivity contribution >= 4 is 23.4 Å². The SMILES string of the molecule is NC[C@H]1CN(c2ccc(NCCOCCC(=O)O)cc2)C(=O)O1. The first-order valence-electron chi connectivity index (χ1n) is 7.42. The number of carboxylic acids is 1. The van der Waals surface area contributed by atoms with E-state index in [9.17, 15) is 9.59 Å². The molecule has 0 radical (unpaired) electrons. The summed E-state index contributed by atoms with van der Waals surface area (Å²) in [7, 11) is 0. The fraction of sp³-hybridized carbons (Fsp3) is 0.467. The lowest BCUT2D eigenvalue weighted by Crippen LogP contribution is -2.27. The third kappa shape index (κ3) is 5.11. The molecule has 0 aliphatic carbocycles. The summed E-state index contributed by atoms with van der Waals surface area (Å²) in [6, 6.07) is 7.37. The van der Waals surface area contributed by atoms with Gasteiger partial charge in [0.05, 0.1) is 26.2 Å². The normalized spacial score (nSPS) is 17.2. The quantitative estimate of drug-likeness (QED) is 0.578. The second-order valence-corrected chi connectivity index (χ2v) is 5.08. The first-order valence-corrected chi connectivity index (χ1v) is 7.42. The zero-order valence-electron chi connectivity index (χ0n) is 12.7. The Morgan fingerprint density at radius 1 is 1.39 bits per heavy atom. The summed E-state index contributed by atoms with van der Waals surface area (Å²) >= 11 is 0. The van der Waals surface area contributed by atoms with Crippen molar-refractivity contribution in [2.75, 3.05) is 43.1 Å². The molecule has 0 unspecified atom stereocenters. The lowest BCUT2D eigenvalue weighted by molar-refractivity contribution is -0.138. The second kappa shape index (κ2) is 8.35. The van der Waals surface area contributed by atoms with Gasteiger partial charge in [-0.3, -0.25) is 9.69 Å². The number of carboxylic acid groups (broad SMARTS) is 1. The average Bonchev–Trinajstić information content (AvgIpc) is 2.92. The van der Waals surface area contributed by atoms with Crippen LogP contribution in [-0.2, 0) is 14.3 Å². The number of carbonyl (C=O) groups is 2. The summed E-state index contributed by atoms with van der Waals surface area (Å²) < 4.78 is 10.3. The van der Waals surface area contributed by atoms with Crippen LogP contribution in [0.4, 0.5) is 16.2 Å². The molecule has 1 aliphatic rings. The monoisotopic (exact) mass is 323 g/mol. The van der Waals surface area contributed by atoms with Gasteiger partial charge >= 0.3 is 12.1 Å². The smallest absolute Gasteiger partial charge is 0.414 e. The van der Waals surface area contributed by atoms with Gasteiger partial charge in [-0.05, 0) is 24.3 Å². The summed E-state index contributed by atoms with van der Waals surface area (Å²) in [6.07, 6.45) is -0.638. The number of cyclic esters (lactones) is 1. The Bertz CT molecular complexity index is 534. The van der Waals surface area contributed by atoms with Crippen molar-refractivity contribution < 1.29 is 24.2 Å². The number of nitrogens with zero attached hydrogens (tertiary/aromatic N) is 1. The molecule has 2 rings (SSSR count). The van der Waals surface area contributed by atoms with Crippen LogP contribution < -0.4 is 16.0 Å². The molecule has 8 heteroatoms. The molecule has 1 aliphatic heterocycles. The van der Waals surface area contributed by atoms with Crippen LogP contribution in [0.1, 0.15) is 6.42 Å². The maximum absolute atomic E-state index is 11.7. The van der Waals surface area contributed by atoms with Gasteiger partial charge in [-0.25, -0.2) is 4.79 Å². The summed E-state index contributed by atoms with van der Waals surface area (Å²) in [4.78, 5) is 23.6. The van der Waals surface area contributed by atoms with Crippen LogP contribution in [0.5, 0.6) is 0 Å². The van der Waals surface area contributed by atoms with Crippen molar-refractivity contribution in [1.82, 2.24) is 0 Å². The van der Waals surface area contributed by atoms with Crippen molar-refractivity contribution in [3.8, 4) is 0 Å². The molecular weight excluding hydrogens is 302 g/mol. The van der Waals surface area contributed by atoms with Crippen molar-refractivity contribution in [2.24, 2.45) is 5.73 Å². The predicted molar refractivity (Wildman–Crippen MR) is 84.7 cm³/mol. The van der Waals surface area contributed by atoms with Gasteiger partial charge in [0.2, 0.25) is 0 Å². The number of nitrogens with two attached hydrogens (primary N) is 1. The molecule has 1 aromatic carbocycles. The molecule has 126 valence electrons. The molecule has 1 amide bonds. The first kappa shape index (κ1) is 17.0. The van der Waals surface area contributed by atoms with Crippen LogP contribution >= 0.6 is 0 Å². The zero-order chi connectivity index (χ0) is 16.7. The van der Waals surface area contributed by atoms with Crippen LogP contribution in [0.3, 0.4) is 0 Å². The van der Waals surface area contributed by atoms with Crippen LogP contribution in [0.25, 0.3) is 0 Å². The standard InChI is InChI=1S/C15H21N3O5/c16-9-13-10-18(15(21)23-13)12-3-1-11(2-4-12)17-6-8-22-7-5-14(19)20/h1-4,13,17H,5-10,16H2,(H,19,20)/t13-/m0/s1. The number of nitrogens with one attached hydrogen (secondary N) is 1. The predicted octanol–water partition coefficient (Wildman–Crippen LogP) is 0.874. The highest BCUT2D eigenvalue weighted by atomic mass is 16.6. The number of benzene rings is 1. The molecule has 1 fully saturated rings. The fourth-order valence-electron chi connectivity index (χ4n) is 2.14. The number of hydrogen-bond acceptors (Lipinski definition) is 6. The molecule has 8 nitrogen and oxygen atoms in total. The van der Waals surface area contributed by atoms with E-state index in [2.05, 4.69) is 5.32 Å². The Labute approximate surface area is 134 Å². The van der Waals surface area contributed by atoms with Gasteiger partial charge < -0.3 is 25.6 Å². The maximum atomic E-state index is 11.7. The first-order chi connectivity index (χ1) is 11.1. The third-order valence-corrected chi connectivity index (χ3v) is 3.35. The van der Waals surface area contributed by atoms with Gasteiger partial charge in [-0.15, -0.1) is 0 Å². The number of hydrogen-bond donors (Lipinski definition) is 3. The summed E-state index contributed by atoms with van der Waals surface area (Å²) in [6.45, 7) is 1.96. The second-order valence-electron chi connectivity index (χ2n) is 5.08. The van der Waals surface area contributed by atoms with Crippen molar-refractivity contribution in [3.63, 3.8) is 0 Å². The maximum Gasteiger partial charge on any atom is 0.414 e. The molecule has 0 aromatic heterocycles. The number of carbonyl (C=O) groups excluding carboxylic acids is 1. The van der Waals surface area contributed by atoms with Crippen molar-refractivity contribution in [2.45, 2.75) is 12.5 Å². The van der Waals surface area contributed by atoms with Gasteiger partial charge in [-0.2, -0.15) is 0 Å². The highest BCUT2D eigenvalue weighted by Gasteiger charge is 2.31. The van der Waals surface area contributed by atoms with Crippen LogP contribution in [0.2, 0.25) is 0 Å². The Morgan fingerprint density at radius 2 is 2.13 bits per heavy atom. The molecule has 0 saturated carbocycles. The van der Waals surface area contributed by atoms with E-state index in [-0.39, 0.29) is 25.2 Å². The van der Waals surface area contributed by atoms with E-state index in [1.54, 1.807) is 4.90 Å². The summed E-state index contributed by atoms with van der Waals surface area (Å²) in [5.74, 6) is -0.870. The summed E-state index contributed by atoms with van der Waals surface area (Å²) in [5, 5.41) is 11.6. The molecule has 1 atom stereocenters. The van der Waals surface area contributed by atoms with Gasteiger partial charge in [0, 0.05) is 24.5 Å². The number of rotatable bonds is 9. The highest BCUT2D eigenvalue weighted by molar-refractivity contribution is 5.90. The minimum Gasteiger partial charge on any atom is -0.481 e. The Balaban J connectivity index is 1.74. The lowest BCUT2D eigenvalue weighted by Gasteiger charge is -2.14. The lowest BCUT2D eigenvalue weighted by atomic mass is 10.2. The van der Waals surface area contributed by atoms with Crippen LogP contribution in [0, 0.1) is 0 Å². The van der Waals surface area contributed by atoms with Crippen LogP contribution in [-0.4, -0.2) is 56.1 Å². The summed E-state index contributed by atoms with van der Waals surface area (Å²) in [5.41, 5.74) is 7.15. The van der Waals surface area contributed by atoms with Crippen LogP contribution in [0.15, 0.2) is 24.3 Å². The fourth-order valence-corrected chi connectivity index (χ4v) is 2.14. The molecule has 0 spiro atoms.